The van der Waals surface area contributed by atoms with Gasteiger partial charge in [-0.3, -0.25) is 4.68 Å². The molecule has 3 nitrogen and oxygen atoms in total. The topological polar surface area (TPSA) is 27.1 Å². The first kappa shape index (κ1) is 10.8. The number of hydrogen-bond donors (Lipinski definition) is 0. The normalized spacial score (nSPS) is 11.8. The van der Waals surface area contributed by atoms with Crippen LogP contribution < -0.4 is 4.74 Å². The van der Waals surface area contributed by atoms with E-state index in [2.05, 4.69) is 48.5 Å². The lowest BCUT2D eigenvalue weighted by atomic mass is 10.1. The molecule has 0 aliphatic heterocycles. The van der Waals surface area contributed by atoms with E-state index in [1.807, 2.05) is 11.6 Å². The predicted molar refractivity (Wildman–Crippen MR) is 61.2 cm³/mol. The number of aromatic nitrogens is 2. The van der Waals surface area contributed by atoms with Crippen LogP contribution in [0.3, 0.4) is 0 Å². The van der Waals surface area contributed by atoms with Gasteiger partial charge in [0, 0.05) is 5.56 Å². The molecule has 0 aromatic carbocycles. The molecule has 0 saturated carbocycles. The molecule has 0 bridgehead atoms. The first-order valence-corrected chi connectivity index (χ1v) is 5.25. The van der Waals surface area contributed by atoms with Crippen LogP contribution in [0.5, 0.6) is 5.88 Å². The van der Waals surface area contributed by atoms with Gasteiger partial charge >= 0.3 is 0 Å². The van der Waals surface area contributed by atoms with Gasteiger partial charge in [0.1, 0.15) is 3.70 Å². The largest absolute Gasteiger partial charge is 0.480 e. The van der Waals surface area contributed by atoms with E-state index in [9.17, 15) is 0 Å². The van der Waals surface area contributed by atoms with Crippen LogP contribution in [0.25, 0.3) is 0 Å². The van der Waals surface area contributed by atoms with E-state index in [0.717, 1.165) is 15.1 Å². The second kappa shape index (κ2) is 3.48. The Bertz CT molecular complexity index is 312. The van der Waals surface area contributed by atoms with Crippen LogP contribution in [-0.4, -0.2) is 16.9 Å². The van der Waals surface area contributed by atoms with Crippen LogP contribution in [0.1, 0.15) is 26.3 Å². The Hall–Kier alpha value is -0.260. The molecule has 1 heterocycles. The average molecular weight is 294 g/mol. The van der Waals surface area contributed by atoms with Crippen molar-refractivity contribution in [1.29, 1.82) is 0 Å². The van der Waals surface area contributed by atoms with Gasteiger partial charge in [-0.2, -0.15) is 0 Å². The summed E-state index contributed by atoms with van der Waals surface area (Å²) in [6.07, 6.45) is 0. The molecular formula is C9H15IN2O. The molecule has 0 aliphatic carbocycles. The second-order valence-corrected chi connectivity index (χ2v) is 5.03. The molecule has 0 aliphatic rings. The molecule has 0 fully saturated rings. The molecule has 0 N–H and O–H groups in total. The smallest absolute Gasteiger partial charge is 0.236 e. The van der Waals surface area contributed by atoms with Crippen molar-refractivity contribution >= 4 is 22.6 Å². The molecule has 1 aromatic rings. The summed E-state index contributed by atoms with van der Waals surface area (Å²) in [7, 11) is 1.65. The van der Waals surface area contributed by atoms with E-state index in [0.29, 0.717) is 0 Å². The summed E-state index contributed by atoms with van der Waals surface area (Å²) in [6, 6.07) is 0. The fraction of sp³-hybridized carbons (Fsp3) is 0.667. The summed E-state index contributed by atoms with van der Waals surface area (Å²) in [5.41, 5.74) is 1.12. The molecule has 0 saturated heterocycles. The van der Waals surface area contributed by atoms with Crippen molar-refractivity contribution < 1.29 is 4.74 Å². The third-order valence-electron chi connectivity index (χ3n) is 1.84. The highest BCUT2D eigenvalue weighted by molar-refractivity contribution is 14.1. The van der Waals surface area contributed by atoms with Crippen molar-refractivity contribution in [2.45, 2.75) is 33.2 Å². The third-order valence-corrected chi connectivity index (χ3v) is 3.10. The Morgan fingerprint density at radius 3 is 2.15 bits per heavy atom. The van der Waals surface area contributed by atoms with Crippen molar-refractivity contribution in [3.05, 3.63) is 9.26 Å². The molecule has 0 unspecified atom stereocenters. The summed E-state index contributed by atoms with van der Waals surface area (Å²) >= 11 is 2.29. The van der Waals surface area contributed by atoms with Gasteiger partial charge < -0.3 is 4.74 Å². The van der Waals surface area contributed by atoms with Crippen LogP contribution >= 0.6 is 22.6 Å². The Kier molecular flexibility index (Phi) is 2.89. The summed E-state index contributed by atoms with van der Waals surface area (Å²) in [5.74, 6) is 0.722. The lowest BCUT2D eigenvalue weighted by molar-refractivity contribution is 0.324. The second-order valence-electron chi connectivity index (χ2n) is 4.01. The first-order valence-electron chi connectivity index (χ1n) is 4.17. The Balaban J connectivity index is 3.25. The Morgan fingerprint density at radius 2 is 1.92 bits per heavy atom. The Morgan fingerprint density at radius 1 is 1.38 bits per heavy atom. The number of methoxy groups -OCH3 is 1. The van der Waals surface area contributed by atoms with E-state index in [1.54, 1.807) is 7.11 Å². The molecule has 74 valence electrons. The van der Waals surface area contributed by atoms with E-state index in [4.69, 9.17) is 4.74 Å². The van der Waals surface area contributed by atoms with E-state index in [1.165, 1.54) is 0 Å². The van der Waals surface area contributed by atoms with Gasteiger partial charge in [0.05, 0.1) is 12.6 Å². The van der Waals surface area contributed by atoms with E-state index in [-0.39, 0.29) is 5.54 Å². The molecule has 0 atom stereocenters. The highest BCUT2D eigenvalue weighted by Gasteiger charge is 2.21. The SMILES string of the molecule is COc1nn(C(C)(C)C)c(I)c1C. The highest BCUT2D eigenvalue weighted by Crippen LogP contribution is 2.26. The van der Waals surface area contributed by atoms with Crippen LogP contribution in [0, 0.1) is 10.6 Å². The van der Waals surface area contributed by atoms with Gasteiger partial charge in [0.15, 0.2) is 0 Å². The van der Waals surface area contributed by atoms with Gasteiger partial charge in [-0.05, 0) is 50.3 Å². The molecular weight excluding hydrogens is 279 g/mol. The molecule has 0 spiro atoms. The third kappa shape index (κ3) is 1.98. The predicted octanol–water partition coefficient (Wildman–Crippen LogP) is 2.56. The fourth-order valence-corrected chi connectivity index (χ4v) is 2.16. The molecule has 0 radical (unpaired) electrons. The average Bonchev–Trinajstić information content (AvgIpc) is 2.28. The molecule has 13 heavy (non-hydrogen) atoms. The summed E-state index contributed by atoms with van der Waals surface area (Å²) in [6.45, 7) is 8.40. The van der Waals surface area contributed by atoms with Crippen LogP contribution in [0.15, 0.2) is 0 Å². The summed E-state index contributed by atoms with van der Waals surface area (Å²) < 4.78 is 8.29. The minimum Gasteiger partial charge on any atom is -0.480 e. The van der Waals surface area contributed by atoms with E-state index >= 15 is 0 Å². The quantitative estimate of drug-likeness (QED) is 0.744. The number of hydrogen-bond acceptors (Lipinski definition) is 2. The zero-order valence-corrected chi connectivity index (χ0v) is 10.8. The maximum Gasteiger partial charge on any atom is 0.236 e. The number of rotatable bonds is 1. The van der Waals surface area contributed by atoms with Gasteiger partial charge in [-0.15, -0.1) is 5.10 Å². The van der Waals surface area contributed by atoms with Gasteiger partial charge in [0.2, 0.25) is 5.88 Å². The summed E-state index contributed by atoms with van der Waals surface area (Å²) in [5, 5.41) is 4.39. The fourth-order valence-electron chi connectivity index (χ4n) is 1.10. The maximum atomic E-state index is 5.16. The number of nitrogens with zero attached hydrogens (tertiary/aromatic N) is 2. The van der Waals surface area contributed by atoms with E-state index < -0.39 is 0 Å². The van der Waals surface area contributed by atoms with Crippen LogP contribution in [0.2, 0.25) is 0 Å². The molecule has 1 aromatic heterocycles. The first-order chi connectivity index (χ1) is 5.88. The minimum absolute atomic E-state index is 0.0120. The monoisotopic (exact) mass is 294 g/mol. The van der Waals surface area contributed by atoms with Crippen molar-refractivity contribution in [3.8, 4) is 5.88 Å². The lowest BCUT2D eigenvalue weighted by Gasteiger charge is -2.20. The van der Waals surface area contributed by atoms with Gasteiger partial charge in [-0.1, -0.05) is 0 Å². The van der Waals surface area contributed by atoms with Crippen molar-refractivity contribution in [2.24, 2.45) is 0 Å². The number of ether oxygens (including phenoxy) is 1. The van der Waals surface area contributed by atoms with Crippen LogP contribution in [0.4, 0.5) is 0 Å². The zero-order valence-electron chi connectivity index (χ0n) is 8.68. The number of halogens is 1. The Labute approximate surface area is 92.6 Å². The molecule has 4 heteroatoms. The standard InChI is InChI=1S/C9H15IN2O/c1-6-7(10)12(9(2,3)4)11-8(6)13-5/h1-5H3. The minimum atomic E-state index is 0.0120. The molecule has 0 amide bonds. The lowest BCUT2D eigenvalue weighted by Crippen LogP contribution is -2.24. The van der Waals surface area contributed by atoms with Crippen molar-refractivity contribution in [3.63, 3.8) is 0 Å². The van der Waals surface area contributed by atoms with Gasteiger partial charge in [0.25, 0.3) is 0 Å². The summed E-state index contributed by atoms with van der Waals surface area (Å²) in [4.78, 5) is 0. The van der Waals surface area contributed by atoms with Crippen molar-refractivity contribution in [2.75, 3.05) is 7.11 Å². The maximum absolute atomic E-state index is 5.16. The highest BCUT2D eigenvalue weighted by atomic mass is 127. The van der Waals surface area contributed by atoms with Crippen molar-refractivity contribution in [1.82, 2.24) is 9.78 Å². The molecule has 1 rings (SSSR count). The van der Waals surface area contributed by atoms with Crippen LogP contribution in [-0.2, 0) is 5.54 Å². The van der Waals surface area contributed by atoms with Gasteiger partial charge in [-0.25, -0.2) is 0 Å². The zero-order chi connectivity index (χ0) is 10.2.